The van der Waals surface area contributed by atoms with Crippen LogP contribution in [-0.2, 0) is 10.2 Å². The molecule has 2 N–H and O–H groups in total. The first kappa shape index (κ1) is 18.2. The van der Waals surface area contributed by atoms with E-state index in [9.17, 15) is 15.0 Å². The molecule has 2 unspecified atom stereocenters. The number of rotatable bonds is 5. The second kappa shape index (κ2) is 6.78. The topological polar surface area (TPSA) is 60.8 Å². The van der Waals surface area contributed by atoms with Crippen molar-refractivity contribution in [2.75, 3.05) is 11.4 Å². The summed E-state index contributed by atoms with van der Waals surface area (Å²) >= 11 is 0. The van der Waals surface area contributed by atoms with Gasteiger partial charge in [-0.05, 0) is 56.9 Å². The summed E-state index contributed by atoms with van der Waals surface area (Å²) in [5.74, 6) is 6.70. The van der Waals surface area contributed by atoms with E-state index in [0.29, 0.717) is 11.6 Å². The number of fused-ring (bicyclic) bond motifs is 1. The van der Waals surface area contributed by atoms with Crippen molar-refractivity contribution in [1.29, 1.82) is 0 Å². The lowest BCUT2D eigenvalue weighted by Crippen LogP contribution is -2.42. The van der Waals surface area contributed by atoms with Crippen molar-refractivity contribution in [3.63, 3.8) is 0 Å². The highest BCUT2D eigenvalue weighted by Gasteiger charge is 2.51. The first-order chi connectivity index (χ1) is 13.0. The number of nitrogens with zero attached hydrogens (tertiary/aromatic N) is 1. The van der Waals surface area contributed by atoms with Gasteiger partial charge >= 0.3 is 5.97 Å². The van der Waals surface area contributed by atoms with Gasteiger partial charge < -0.3 is 15.1 Å². The van der Waals surface area contributed by atoms with E-state index < -0.39 is 11.4 Å². The minimum absolute atomic E-state index is 0.0194. The van der Waals surface area contributed by atoms with E-state index >= 15 is 0 Å². The lowest BCUT2D eigenvalue weighted by molar-refractivity contribution is -0.146. The number of hydrogen-bond donors (Lipinski definition) is 2. The maximum absolute atomic E-state index is 12.5. The van der Waals surface area contributed by atoms with Crippen molar-refractivity contribution in [1.82, 2.24) is 0 Å². The molecule has 0 amide bonds. The number of carboxylic acid groups (broad SMARTS) is 1. The van der Waals surface area contributed by atoms with Gasteiger partial charge in [0.1, 0.15) is 11.2 Å². The Morgan fingerprint density at radius 3 is 2.63 bits per heavy atom. The maximum atomic E-state index is 12.5. The van der Waals surface area contributed by atoms with Gasteiger partial charge in [-0.1, -0.05) is 18.9 Å². The van der Waals surface area contributed by atoms with Gasteiger partial charge in [0.15, 0.2) is 0 Å². The molecule has 3 fully saturated rings. The van der Waals surface area contributed by atoms with Crippen LogP contribution in [0.3, 0.4) is 0 Å². The first-order valence-electron chi connectivity index (χ1n) is 10.2. The van der Waals surface area contributed by atoms with Gasteiger partial charge in [-0.25, -0.2) is 0 Å². The molecule has 2 saturated carbocycles. The summed E-state index contributed by atoms with van der Waals surface area (Å²) in [5.41, 5.74) is 0.412. The van der Waals surface area contributed by atoms with Crippen LogP contribution in [0.5, 0.6) is 5.75 Å². The van der Waals surface area contributed by atoms with E-state index in [1.54, 1.807) is 13.0 Å². The largest absolute Gasteiger partial charge is 0.508 e. The number of phenols is 1. The second-order valence-corrected chi connectivity index (χ2v) is 8.62. The highest BCUT2D eigenvalue weighted by molar-refractivity contribution is 5.84. The van der Waals surface area contributed by atoms with Crippen molar-refractivity contribution in [3.05, 3.63) is 23.8 Å². The zero-order valence-corrected chi connectivity index (χ0v) is 16.2. The second-order valence-electron chi connectivity index (χ2n) is 8.62. The normalized spacial score (nSPS) is 29.0. The summed E-state index contributed by atoms with van der Waals surface area (Å²) in [7, 11) is 0. The van der Waals surface area contributed by atoms with Gasteiger partial charge in [-0.3, -0.25) is 4.79 Å². The summed E-state index contributed by atoms with van der Waals surface area (Å²) < 4.78 is 0. The summed E-state index contributed by atoms with van der Waals surface area (Å²) in [6.45, 7) is 5.03. The molecule has 0 radical (unpaired) electrons. The third-order valence-corrected chi connectivity index (χ3v) is 7.29. The minimum Gasteiger partial charge on any atom is -0.508 e. The van der Waals surface area contributed by atoms with Crippen molar-refractivity contribution >= 4 is 11.7 Å². The standard InChI is InChI=1S/C23H29NO3/c1-3-4-11-23(22(26)27,17-7-5-6-8-17)20-10-9-18(13-21(20)25)24-14-16-12-19(16)15(24)2/h9-10,13,15-17,19,25H,5-8,11-12,14H2,1-2H3,(H,26,27)/t15?,16-,19+,23?/m0/s1. The number of piperidine rings is 1. The van der Waals surface area contributed by atoms with Gasteiger partial charge in [0.2, 0.25) is 0 Å². The lowest BCUT2D eigenvalue weighted by atomic mass is 9.67. The smallest absolute Gasteiger partial charge is 0.315 e. The molecule has 144 valence electrons. The Labute approximate surface area is 161 Å². The fourth-order valence-corrected chi connectivity index (χ4v) is 5.61. The Hall–Kier alpha value is -2.15. The first-order valence-corrected chi connectivity index (χ1v) is 10.2. The predicted octanol–water partition coefficient (Wildman–Crippen LogP) is 4.16. The molecule has 27 heavy (non-hydrogen) atoms. The number of carbonyl (C=O) groups is 1. The molecule has 1 heterocycles. The number of benzene rings is 1. The van der Waals surface area contributed by atoms with Gasteiger partial charge in [-0.2, -0.15) is 0 Å². The highest BCUT2D eigenvalue weighted by Crippen LogP contribution is 2.52. The van der Waals surface area contributed by atoms with E-state index in [4.69, 9.17) is 0 Å². The van der Waals surface area contributed by atoms with Gasteiger partial charge in [0.25, 0.3) is 0 Å². The summed E-state index contributed by atoms with van der Waals surface area (Å²) in [6, 6.07) is 6.13. The third-order valence-electron chi connectivity index (χ3n) is 7.29. The molecule has 4 heteroatoms. The Morgan fingerprint density at radius 1 is 1.33 bits per heavy atom. The molecule has 1 aromatic rings. The van der Waals surface area contributed by atoms with Gasteiger partial charge in [0, 0.05) is 36.3 Å². The maximum Gasteiger partial charge on any atom is 0.315 e. The van der Waals surface area contributed by atoms with E-state index in [2.05, 4.69) is 23.7 Å². The highest BCUT2D eigenvalue weighted by atomic mass is 16.4. The molecule has 4 nitrogen and oxygen atoms in total. The number of aromatic hydroxyl groups is 1. The molecule has 1 aromatic carbocycles. The zero-order chi connectivity index (χ0) is 19.2. The van der Waals surface area contributed by atoms with Crippen LogP contribution in [0.2, 0.25) is 0 Å². The Balaban J connectivity index is 1.72. The van der Waals surface area contributed by atoms with Crippen LogP contribution in [0, 0.1) is 29.6 Å². The quantitative estimate of drug-likeness (QED) is 0.767. The molecule has 0 bridgehead atoms. The molecule has 0 aromatic heterocycles. The minimum atomic E-state index is -1.12. The molecule has 0 spiro atoms. The fourth-order valence-electron chi connectivity index (χ4n) is 5.61. The lowest BCUT2D eigenvalue weighted by Gasteiger charge is -2.35. The Morgan fingerprint density at radius 2 is 2.07 bits per heavy atom. The molecule has 1 aliphatic heterocycles. The Kier molecular flexibility index (Phi) is 4.58. The molecule has 1 saturated heterocycles. The average molecular weight is 367 g/mol. The molecule has 2 aliphatic carbocycles. The van der Waals surface area contributed by atoms with E-state index in [1.165, 1.54) is 6.42 Å². The number of carboxylic acids is 1. The number of hydrogen-bond acceptors (Lipinski definition) is 3. The molecular weight excluding hydrogens is 338 g/mol. The fraction of sp³-hybridized carbons (Fsp3) is 0.609. The SMILES string of the molecule is CC#CCC(C(=O)O)(c1ccc(N2C[C@@H]3C[C@@H]3C2C)cc1O)C1CCCC1. The summed E-state index contributed by atoms with van der Waals surface area (Å²) in [5, 5.41) is 21.2. The van der Waals surface area contributed by atoms with E-state index in [-0.39, 0.29) is 18.1 Å². The monoisotopic (exact) mass is 367 g/mol. The van der Waals surface area contributed by atoms with Crippen LogP contribution in [0.1, 0.15) is 57.9 Å². The predicted molar refractivity (Wildman–Crippen MR) is 106 cm³/mol. The van der Waals surface area contributed by atoms with Crippen LogP contribution in [0.4, 0.5) is 5.69 Å². The van der Waals surface area contributed by atoms with Gasteiger partial charge in [-0.15, -0.1) is 11.8 Å². The summed E-state index contributed by atoms with van der Waals surface area (Å²) in [4.78, 5) is 14.9. The van der Waals surface area contributed by atoms with Crippen LogP contribution < -0.4 is 4.90 Å². The molecular formula is C23H29NO3. The Bertz CT molecular complexity index is 802. The zero-order valence-electron chi connectivity index (χ0n) is 16.2. The average Bonchev–Trinajstić information content (AvgIpc) is 3.05. The van der Waals surface area contributed by atoms with E-state index in [1.807, 2.05) is 12.1 Å². The van der Waals surface area contributed by atoms with Crippen LogP contribution in [0.15, 0.2) is 18.2 Å². The van der Waals surface area contributed by atoms with Crippen molar-refractivity contribution in [2.45, 2.75) is 63.8 Å². The number of phenolic OH excluding ortho intramolecular Hbond substituents is 1. The molecule has 4 rings (SSSR count). The van der Waals surface area contributed by atoms with Crippen molar-refractivity contribution in [3.8, 4) is 17.6 Å². The summed E-state index contributed by atoms with van der Waals surface area (Å²) in [6.07, 6.45) is 5.43. The van der Waals surface area contributed by atoms with Crippen molar-refractivity contribution < 1.29 is 15.0 Å². The van der Waals surface area contributed by atoms with E-state index in [0.717, 1.165) is 49.8 Å². The van der Waals surface area contributed by atoms with Crippen LogP contribution >= 0.6 is 0 Å². The molecule has 3 aliphatic rings. The van der Waals surface area contributed by atoms with Crippen molar-refractivity contribution in [2.24, 2.45) is 17.8 Å². The number of anilines is 1. The van der Waals surface area contributed by atoms with Crippen LogP contribution in [0.25, 0.3) is 0 Å². The molecule has 4 atom stereocenters. The van der Waals surface area contributed by atoms with Gasteiger partial charge in [0.05, 0.1) is 0 Å². The number of aliphatic carboxylic acids is 1. The van der Waals surface area contributed by atoms with Crippen LogP contribution in [-0.4, -0.2) is 28.8 Å². The third kappa shape index (κ3) is 2.88.